The lowest BCUT2D eigenvalue weighted by Crippen LogP contribution is -2.56. The van der Waals surface area contributed by atoms with Crippen molar-refractivity contribution in [2.45, 2.75) is 12.1 Å². The van der Waals surface area contributed by atoms with Crippen LogP contribution in [0.5, 0.6) is 5.75 Å². The maximum absolute atomic E-state index is 12.4. The minimum atomic E-state index is -1.17. The first-order valence-corrected chi connectivity index (χ1v) is 12.8. The molecule has 1 saturated heterocycles. The molecule has 12 nitrogen and oxygen atoms in total. The number of alkyl halides is 1. The quantitative estimate of drug-likeness (QED) is 0.296. The summed E-state index contributed by atoms with van der Waals surface area (Å²) in [4.78, 5) is 30.7. The lowest BCUT2D eigenvalue weighted by atomic mass is 10.2. The monoisotopic (exact) mass is 547 g/mol. The van der Waals surface area contributed by atoms with Gasteiger partial charge < -0.3 is 24.4 Å². The summed E-state index contributed by atoms with van der Waals surface area (Å²) in [6, 6.07) is 3.90. The van der Waals surface area contributed by atoms with E-state index in [1.165, 1.54) is 12.4 Å². The highest BCUT2D eigenvalue weighted by Crippen LogP contribution is 2.21. The van der Waals surface area contributed by atoms with Crippen molar-refractivity contribution in [2.75, 3.05) is 56.4 Å². The second-order valence-corrected chi connectivity index (χ2v) is 9.16. The van der Waals surface area contributed by atoms with Crippen LogP contribution >= 0.6 is 0 Å². The second-order valence-electron chi connectivity index (χ2n) is 9.16. The Morgan fingerprint density at radius 2 is 1.75 bits per heavy atom. The normalized spacial score (nSPS) is 16.4. The van der Waals surface area contributed by atoms with Crippen molar-refractivity contribution in [3.8, 4) is 11.6 Å². The average Bonchev–Trinajstić information content (AvgIpc) is 3.55. The molecule has 0 aromatic carbocycles. The van der Waals surface area contributed by atoms with E-state index >= 15 is 0 Å². The highest BCUT2D eigenvalue weighted by Gasteiger charge is 2.30. The van der Waals surface area contributed by atoms with Gasteiger partial charge in [0.25, 0.3) is 0 Å². The molecular weight excluding hydrogens is 517 g/mol. The number of aliphatic hydroxyl groups excluding tert-OH is 1. The predicted octanol–water partition coefficient (Wildman–Crippen LogP) is 2.07. The summed E-state index contributed by atoms with van der Waals surface area (Å²) >= 11 is 0. The summed E-state index contributed by atoms with van der Waals surface area (Å²) in [7, 11) is 1.66. The van der Waals surface area contributed by atoms with E-state index in [4.69, 9.17) is 9.47 Å². The lowest BCUT2D eigenvalue weighted by Gasteiger charge is -2.41. The summed E-state index contributed by atoms with van der Waals surface area (Å²) in [6.45, 7) is 1.38. The molecule has 0 saturated carbocycles. The molecule has 0 bridgehead atoms. The molecule has 0 radical (unpaired) electrons. The van der Waals surface area contributed by atoms with E-state index in [-0.39, 0.29) is 12.6 Å². The third-order valence-electron chi connectivity index (χ3n) is 6.28. The zero-order valence-electron chi connectivity index (χ0n) is 22.0. The van der Waals surface area contributed by atoms with E-state index in [0.717, 1.165) is 16.9 Å². The summed E-state index contributed by atoms with van der Waals surface area (Å²) in [6.07, 6.45) is 16.5. The number of anilines is 2. The molecule has 1 aliphatic rings. The summed E-state index contributed by atoms with van der Waals surface area (Å²) in [5.41, 5.74) is 1.84. The van der Waals surface area contributed by atoms with Gasteiger partial charge in [-0.3, -0.25) is 4.57 Å². The first kappa shape index (κ1) is 27.1. The molecular formula is C27H30FN9O3. The number of rotatable bonds is 11. The molecule has 0 amide bonds. The predicted molar refractivity (Wildman–Crippen MR) is 147 cm³/mol. The first-order valence-electron chi connectivity index (χ1n) is 12.8. The SMILES string of the molecule is COC[C@H]1CN(c2ncc(/C=C/c3ccc(-n4ccnc4)nc3)cn2)CCN1c1ncc(OCC(O)CF)cn1. The molecule has 208 valence electrons. The number of ether oxygens (including phenoxy) is 2. The van der Waals surface area contributed by atoms with Crippen molar-refractivity contribution in [1.29, 1.82) is 0 Å². The zero-order chi connectivity index (χ0) is 27.7. The van der Waals surface area contributed by atoms with E-state index < -0.39 is 12.8 Å². The van der Waals surface area contributed by atoms with Crippen LogP contribution in [0.15, 0.2) is 61.8 Å². The van der Waals surface area contributed by atoms with Gasteiger partial charge >= 0.3 is 0 Å². The maximum atomic E-state index is 12.4. The van der Waals surface area contributed by atoms with Crippen molar-refractivity contribution >= 4 is 24.0 Å². The van der Waals surface area contributed by atoms with Crippen molar-refractivity contribution < 1.29 is 19.0 Å². The number of piperazine rings is 1. The van der Waals surface area contributed by atoms with Crippen LogP contribution in [0.4, 0.5) is 16.3 Å². The molecule has 1 aliphatic heterocycles. The molecule has 13 heteroatoms. The third kappa shape index (κ3) is 6.74. The van der Waals surface area contributed by atoms with Gasteiger partial charge in [-0.1, -0.05) is 12.2 Å². The molecule has 0 aliphatic carbocycles. The van der Waals surface area contributed by atoms with E-state index in [2.05, 4.69) is 39.7 Å². The van der Waals surface area contributed by atoms with Crippen LogP contribution in [-0.4, -0.2) is 98.4 Å². The molecule has 1 N–H and O–H groups in total. The Labute approximate surface area is 230 Å². The minimum Gasteiger partial charge on any atom is -0.488 e. The smallest absolute Gasteiger partial charge is 0.225 e. The summed E-state index contributed by atoms with van der Waals surface area (Å²) in [5, 5.41) is 9.33. The van der Waals surface area contributed by atoms with Crippen molar-refractivity contribution in [2.24, 2.45) is 0 Å². The topological polar surface area (TPSA) is 127 Å². The Bertz CT molecular complexity index is 1350. The number of methoxy groups -OCH3 is 1. The minimum absolute atomic E-state index is 0.0279. The van der Waals surface area contributed by atoms with Crippen LogP contribution in [0.2, 0.25) is 0 Å². The van der Waals surface area contributed by atoms with Gasteiger partial charge in [0.15, 0.2) is 5.75 Å². The molecule has 1 unspecified atom stereocenters. The highest BCUT2D eigenvalue weighted by atomic mass is 19.1. The fraction of sp³-hybridized carbons (Fsp3) is 0.333. The Balaban J connectivity index is 1.19. The molecule has 5 rings (SSSR count). The van der Waals surface area contributed by atoms with Crippen LogP contribution in [0.1, 0.15) is 11.1 Å². The molecule has 2 atom stereocenters. The van der Waals surface area contributed by atoms with Gasteiger partial charge in [0.1, 0.15) is 31.5 Å². The van der Waals surface area contributed by atoms with Crippen LogP contribution in [0.25, 0.3) is 18.0 Å². The van der Waals surface area contributed by atoms with Gasteiger partial charge in [0, 0.05) is 63.3 Å². The number of hydrogen-bond donors (Lipinski definition) is 1. The van der Waals surface area contributed by atoms with Crippen LogP contribution in [-0.2, 0) is 4.74 Å². The van der Waals surface area contributed by atoms with Gasteiger partial charge in [-0.2, -0.15) is 0 Å². The summed E-state index contributed by atoms with van der Waals surface area (Å²) in [5.74, 6) is 2.34. The van der Waals surface area contributed by atoms with Gasteiger partial charge in [-0.25, -0.2) is 34.3 Å². The van der Waals surface area contributed by atoms with E-state index in [9.17, 15) is 9.50 Å². The van der Waals surface area contributed by atoms with E-state index in [1.54, 1.807) is 38.2 Å². The number of nitrogens with zero attached hydrogens (tertiary/aromatic N) is 9. The van der Waals surface area contributed by atoms with Crippen molar-refractivity contribution in [3.05, 3.63) is 73.0 Å². The molecule has 4 aromatic heterocycles. The van der Waals surface area contributed by atoms with Gasteiger partial charge in [-0.15, -0.1) is 0 Å². The number of halogens is 1. The molecule has 40 heavy (non-hydrogen) atoms. The first-order chi connectivity index (χ1) is 19.6. The largest absolute Gasteiger partial charge is 0.488 e. The van der Waals surface area contributed by atoms with Crippen LogP contribution in [0.3, 0.4) is 0 Å². The third-order valence-corrected chi connectivity index (χ3v) is 6.28. The van der Waals surface area contributed by atoms with Crippen LogP contribution in [0, 0.1) is 0 Å². The highest BCUT2D eigenvalue weighted by molar-refractivity contribution is 5.68. The Morgan fingerprint density at radius 3 is 2.42 bits per heavy atom. The average molecular weight is 548 g/mol. The number of hydrogen-bond acceptors (Lipinski definition) is 11. The number of pyridine rings is 1. The maximum Gasteiger partial charge on any atom is 0.225 e. The van der Waals surface area contributed by atoms with Crippen LogP contribution < -0.4 is 14.5 Å². The fourth-order valence-electron chi connectivity index (χ4n) is 4.22. The van der Waals surface area contributed by atoms with Gasteiger partial charge in [0.2, 0.25) is 11.9 Å². The molecule has 0 spiro atoms. The van der Waals surface area contributed by atoms with Crippen molar-refractivity contribution in [3.63, 3.8) is 0 Å². The Hall–Kier alpha value is -4.49. The molecule has 1 fully saturated rings. The Kier molecular flexibility index (Phi) is 8.83. The standard InChI is InChI=1S/C27H30FN9O3/c1-39-17-22-16-35(8-9-37(22)27-33-14-24(15-34-27)40-18-23(38)10-28)26-31-12-21(13-32-26)3-2-20-4-5-25(30-11-20)36-7-6-29-19-36/h2-7,11-15,19,22-23,38H,8-10,16-18H2,1H3/b3-2+/t22-,23?/m1/s1. The summed E-state index contributed by atoms with van der Waals surface area (Å²) < 4.78 is 25.1. The lowest BCUT2D eigenvalue weighted by molar-refractivity contribution is 0.0838. The molecule has 5 heterocycles. The zero-order valence-corrected chi connectivity index (χ0v) is 22.0. The van der Waals surface area contributed by atoms with Crippen molar-refractivity contribution in [1.82, 2.24) is 34.5 Å². The number of aliphatic hydroxyl groups is 1. The van der Waals surface area contributed by atoms with Gasteiger partial charge in [-0.05, 0) is 17.7 Å². The second kappa shape index (κ2) is 13.0. The van der Waals surface area contributed by atoms with E-state index in [0.29, 0.717) is 43.9 Å². The fourth-order valence-corrected chi connectivity index (χ4v) is 4.22. The van der Waals surface area contributed by atoms with Gasteiger partial charge in [0.05, 0.1) is 25.0 Å². The van der Waals surface area contributed by atoms with E-state index in [1.807, 2.05) is 35.0 Å². The molecule has 4 aromatic rings. The number of imidazole rings is 1. The number of aromatic nitrogens is 7. The Morgan fingerprint density at radius 1 is 1.00 bits per heavy atom.